The number of benzene rings is 2. The second-order valence-electron chi connectivity index (χ2n) is 9.86. The van der Waals surface area contributed by atoms with Crippen molar-refractivity contribution in [2.24, 2.45) is 0 Å². The lowest BCUT2D eigenvalue weighted by Crippen LogP contribution is -2.38. The number of aryl methyl sites for hydroxylation is 1. The molecule has 38 heavy (non-hydrogen) atoms. The van der Waals surface area contributed by atoms with Crippen molar-refractivity contribution in [1.29, 1.82) is 0 Å². The van der Waals surface area contributed by atoms with Gasteiger partial charge in [0.05, 0.1) is 16.7 Å². The van der Waals surface area contributed by atoms with Gasteiger partial charge >= 0.3 is 0 Å². The van der Waals surface area contributed by atoms with E-state index in [0.717, 1.165) is 47.9 Å². The summed E-state index contributed by atoms with van der Waals surface area (Å²) in [6.07, 6.45) is 5.04. The van der Waals surface area contributed by atoms with E-state index >= 15 is 0 Å². The highest BCUT2D eigenvalue weighted by Crippen LogP contribution is 2.37. The Kier molecular flexibility index (Phi) is 10.2. The van der Waals surface area contributed by atoms with Crippen LogP contribution in [0.3, 0.4) is 0 Å². The highest BCUT2D eigenvalue weighted by atomic mass is 35.5. The molecule has 1 saturated carbocycles. The number of sulfonamides is 1. The molecular formula is C27H37ClN4O4S2. The third-order valence-corrected chi connectivity index (χ3v) is 10.2. The molecule has 0 N–H and O–H groups in total. The summed E-state index contributed by atoms with van der Waals surface area (Å²) in [7, 11) is 3.56. The van der Waals surface area contributed by atoms with E-state index in [1.807, 2.05) is 38.1 Å². The van der Waals surface area contributed by atoms with Gasteiger partial charge in [-0.2, -0.15) is 4.31 Å². The zero-order valence-corrected chi connectivity index (χ0v) is 25.1. The molecule has 1 amide bonds. The van der Waals surface area contributed by atoms with Crippen LogP contribution in [0.4, 0.5) is 5.13 Å². The first-order valence-electron chi connectivity index (χ1n) is 12.6. The highest BCUT2D eigenvalue weighted by molar-refractivity contribution is 7.89. The first-order chi connectivity index (χ1) is 17.6. The third-order valence-electron chi connectivity index (χ3n) is 7.03. The molecule has 1 fully saturated rings. The van der Waals surface area contributed by atoms with Gasteiger partial charge in [-0.15, -0.1) is 12.4 Å². The van der Waals surface area contributed by atoms with Gasteiger partial charge in [-0.05, 0) is 69.8 Å². The Hall–Kier alpha value is -2.24. The average Bonchev–Trinajstić information content (AvgIpc) is 3.35. The maximum absolute atomic E-state index is 13.7. The molecule has 3 aromatic rings. The van der Waals surface area contributed by atoms with E-state index in [0.29, 0.717) is 29.5 Å². The van der Waals surface area contributed by atoms with Crippen LogP contribution < -0.4 is 9.64 Å². The Morgan fingerprint density at radius 2 is 1.68 bits per heavy atom. The number of hydrogen-bond acceptors (Lipinski definition) is 7. The van der Waals surface area contributed by atoms with Crippen molar-refractivity contribution in [3.63, 3.8) is 0 Å². The molecular weight excluding hydrogens is 544 g/mol. The number of aromatic nitrogens is 1. The minimum Gasteiger partial charge on any atom is -0.494 e. The Bertz CT molecular complexity index is 1350. The van der Waals surface area contributed by atoms with Gasteiger partial charge in [0.25, 0.3) is 5.91 Å². The lowest BCUT2D eigenvalue weighted by Gasteiger charge is -2.30. The fourth-order valence-corrected chi connectivity index (χ4v) is 7.19. The largest absolute Gasteiger partial charge is 0.494 e. The van der Waals surface area contributed by atoms with Crippen LogP contribution in [0, 0.1) is 6.92 Å². The topological polar surface area (TPSA) is 83.0 Å². The molecule has 0 unspecified atom stereocenters. The molecule has 208 valence electrons. The van der Waals surface area contributed by atoms with Crippen LogP contribution in [-0.2, 0) is 10.0 Å². The molecule has 11 heteroatoms. The molecule has 0 spiro atoms. The summed E-state index contributed by atoms with van der Waals surface area (Å²) in [6, 6.07) is 10.2. The van der Waals surface area contributed by atoms with Gasteiger partial charge in [0.2, 0.25) is 10.0 Å². The van der Waals surface area contributed by atoms with Crippen LogP contribution in [0.15, 0.2) is 41.3 Å². The first kappa shape index (κ1) is 30.3. The molecule has 2 aromatic carbocycles. The second kappa shape index (κ2) is 12.7. The summed E-state index contributed by atoms with van der Waals surface area (Å²) in [6.45, 7) is 3.10. The normalized spacial score (nSPS) is 14.6. The minimum absolute atomic E-state index is 0. The number of carbonyl (C=O) groups excluding carboxylic acids is 1. The fourth-order valence-electron chi connectivity index (χ4n) is 4.70. The van der Waals surface area contributed by atoms with E-state index in [-0.39, 0.29) is 29.3 Å². The highest BCUT2D eigenvalue weighted by Gasteiger charge is 2.30. The van der Waals surface area contributed by atoms with E-state index in [1.165, 1.54) is 27.8 Å². The number of anilines is 1. The molecule has 4 rings (SSSR count). The third kappa shape index (κ3) is 6.31. The predicted molar refractivity (Wildman–Crippen MR) is 157 cm³/mol. The maximum Gasteiger partial charge on any atom is 0.260 e. The quantitative estimate of drug-likeness (QED) is 0.346. The molecule has 1 aromatic heterocycles. The zero-order valence-electron chi connectivity index (χ0n) is 22.6. The van der Waals surface area contributed by atoms with Gasteiger partial charge in [0, 0.05) is 31.7 Å². The van der Waals surface area contributed by atoms with Crippen molar-refractivity contribution in [2.75, 3.05) is 46.2 Å². The summed E-state index contributed by atoms with van der Waals surface area (Å²) >= 11 is 1.46. The first-order valence-corrected chi connectivity index (χ1v) is 14.9. The Morgan fingerprint density at radius 1 is 1.03 bits per heavy atom. The van der Waals surface area contributed by atoms with Crippen molar-refractivity contribution < 1.29 is 17.9 Å². The van der Waals surface area contributed by atoms with Gasteiger partial charge in [0.1, 0.15) is 11.3 Å². The van der Waals surface area contributed by atoms with Gasteiger partial charge in [-0.25, -0.2) is 13.4 Å². The summed E-state index contributed by atoms with van der Waals surface area (Å²) < 4.78 is 34.5. The number of hydrogen-bond donors (Lipinski definition) is 0. The van der Waals surface area contributed by atoms with Crippen molar-refractivity contribution in [1.82, 2.24) is 14.2 Å². The van der Waals surface area contributed by atoms with Crippen molar-refractivity contribution in [3.8, 4) is 5.75 Å². The monoisotopic (exact) mass is 580 g/mol. The van der Waals surface area contributed by atoms with E-state index in [1.54, 1.807) is 31.2 Å². The number of methoxy groups -OCH3 is 1. The predicted octanol–water partition coefficient (Wildman–Crippen LogP) is 5.20. The van der Waals surface area contributed by atoms with Crippen molar-refractivity contribution >= 4 is 55.0 Å². The summed E-state index contributed by atoms with van der Waals surface area (Å²) in [4.78, 5) is 22.4. The number of amides is 1. The Balaban J connectivity index is 0.00000400. The van der Waals surface area contributed by atoms with Crippen LogP contribution >= 0.6 is 23.7 Å². The number of rotatable bonds is 9. The molecule has 8 nitrogen and oxygen atoms in total. The van der Waals surface area contributed by atoms with Crippen LogP contribution in [0.2, 0.25) is 0 Å². The molecule has 0 aliphatic heterocycles. The standard InChI is InChI=1S/C27H36N4O4S2.ClH/c1-19-11-16-23(35-5)24-25(19)36-27(28-24)31(18-17-29(2)3)26(32)20-12-14-22(15-13-20)37(33,34)30(4)21-9-7-6-8-10-21;/h11-16,21H,6-10,17-18H2,1-5H3;1H. The molecule has 0 atom stereocenters. The molecule has 1 aliphatic rings. The molecule has 1 heterocycles. The summed E-state index contributed by atoms with van der Waals surface area (Å²) in [5.74, 6) is 0.446. The Morgan fingerprint density at radius 3 is 2.29 bits per heavy atom. The van der Waals surface area contributed by atoms with Crippen LogP contribution in [0.25, 0.3) is 10.2 Å². The van der Waals surface area contributed by atoms with Gasteiger partial charge in [-0.1, -0.05) is 36.7 Å². The Labute approximate surface area is 236 Å². The van der Waals surface area contributed by atoms with E-state index in [2.05, 4.69) is 0 Å². The van der Waals surface area contributed by atoms with E-state index in [9.17, 15) is 13.2 Å². The van der Waals surface area contributed by atoms with Crippen LogP contribution in [0.5, 0.6) is 5.75 Å². The van der Waals surface area contributed by atoms with Crippen LogP contribution in [0.1, 0.15) is 48.0 Å². The molecule has 0 bridgehead atoms. The van der Waals surface area contributed by atoms with Gasteiger partial charge in [-0.3, -0.25) is 9.69 Å². The molecule has 1 aliphatic carbocycles. The number of ether oxygens (including phenoxy) is 1. The second-order valence-corrected chi connectivity index (χ2v) is 12.8. The number of carbonyl (C=O) groups is 1. The van der Waals surface area contributed by atoms with Crippen molar-refractivity contribution in [3.05, 3.63) is 47.5 Å². The minimum atomic E-state index is -3.63. The number of likely N-dealkylation sites (N-methyl/N-ethyl adjacent to an activating group) is 1. The lowest BCUT2D eigenvalue weighted by molar-refractivity contribution is 0.0985. The SMILES string of the molecule is COc1ccc(C)c2sc(N(CCN(C)C)C(=O)c3ccc(S(=O)(=O)N(C)C4CCCCC4)cc3)nc12.Cl. The molecule has 0 saturated heterocycles. The number of nitrogens with zero attached hydrogens (tertiary/aromatic N) is 4. The van der Waals surface area contributed by atoms with E-state index in [4.69, 9.17) is 9.72 Å². The maximum atomic E-state index is 13.7. The number of halogens is 1. The van der Waals surface area contributed by atoms with Gasteiger partial charge < -0.3 is 9.64 Å². The number of fused-ring (bicyclic) bond motifs is 1. The molecule has 0 radical (unpaired) electrons. The lowest BCUT2D eigenvalue weighted by atomic mass is 9.96. The van der Waals surface area contributed by atoms with E-state index < -0.39 is 10.0 Å². The number of thiazole rings is 1. The smallest absolute Gasteiger partial charge is 0.260 e. The summed E-state index contributed by atoms with van der Waals surface area (Å²) in [5, 5.41) is 0.586. The summed E-state index contributed by atoms with van der Waals surface area (Å²) in [5.41, 5.74) is 2.22. The zero-order chi connectivity index (χ0) is 26.7. The van der Waals surface area contributed by atoms with Gasteiger partial charge in [0.15, 0.2) is 5.13 Å². The van der Waals surface area contributed by atoms with Crippen molar-refractivity contribution in [2.45, 2.75) is 50.0 Å². The van der Waals surface area contributed by atoms with Crippen LogP contribution in [-0.4, -0.2) is 75.9 Å². The average molecular weight is 581 g/mol. The fraction of sp³-hybridized carbons (Fsp3) is 0.481.